The van der Waals surface area contributed by atoms with Crippen LogP contribution in [0.1, 0.15) is 99.9 Å². The third-order valence-electron chi connectivity index (χ3n) is 13.3. The summed E-state index contributed by atoms with van der Waals surface area (Å²) in [4.78, 5) is 84.4. The van der Waals surface area contributed by atoms with E-state index in [1.807, 2.05) is 6.26 Å². The molecule has 1 amide bonds. The van der Waals surface area contributed by atoms with Crippen LogP contribution in [0.4, 0.5) is 0 Å². The Balaban J connectivity index is 1.55. The molecule has 3 heterocycles. The van der Waals surface area contributed by atoms with Crippen molar-refractivity contribution in [3.63, 3.8) is 0 Å². The molecule has 2 fully saturated rings. The maximum absolute atomic E-state index is 15.8. The molecule has 65 heavy (non-hydrogen) atoms. The van der Waals surface area contributed by atoms with Crippen LogP contribution in [0.5, 0.6) is 0 Å². The fourth-order valence-corrected chi connectivity index (χ4v) is 11.2. The number of amides is 1. The van der Waals surface area contributed by atoms with Crippen molar-refractivity contribution in [3.8, 4) is 0 Å². The average molecular weight is 946 g/mol. The number of hydrogen-bond donors (Lipinski definition) is 4. The van der Waals surface area contributed by atoms with Gasteiger partial charge in [0.05, 0.1) is 47.9 Å². The van der Waals surface area contributed by atoms with E-state index in [2.05, 4.69) is 5.32 Å². The monoisotopic (exact) mass is 945 g/mol. The zero-order chi connectivity index (χ0) is 47.6. The molecule has 0 unspecified atom stereocenters. The van der Waals surface area contributed by atoms with Gasteiger partial charge in [-0.15, -0.1) is 0 Å². The molecule has 0 saturated heterocycles. The van der Waals surface area contributed by atoms with Crippen molar-refractivity contribution in [1.29, 1.82) is 0 Å². The second-order valence-electron chi connectivity index (χ2n) is 17.3. The molecule has 20 heteroatoms. The average Bonchev–Trinajstić information content (AvgIpc) is 4.08. The van der Waals surface area contributed by atoms with Crippen molar-refractivity contribution in [3.05, 3.63) is 83.6 Å². The number of nitrogens with one attached hydrogen (secondary N) is 1. The van der Waals surface area contributed by atoms with Crippen molar-refractivity contribution in [2.24, 2.45) is 16.7 Å². The van der Waals surface area contributed by atoms with E-state index in [-0.39, 0.29) is 41.1 Å². The van der Waals surface area contributed by atoms with Crippen molar-refractivity contribution < 1.29 is 81.0 Å². The summed E-state index contributed by atoms with van der Waals surface area (Å²) >= 11 is 0. The Morgan fingerprint density at radius 2 is 1.71 bits per heavy atom. The maximum Gasteiger partial charge on any atom is 0.341 e. The minimum atomic E-state index is -2.48. The van der Waals surface area contributed by atoms with Gasteiger partial charge in [-0.2, -0.15) is 0 Å². The first-order valence-electron chi connectivity index (χ1n) is 20.9. The highest BCUT2D eigenvalue weighted by atomic mass is 33.1. The van der Waals surface area contributed by atoms with Crippen LogP contribution >= 0.6 is 21.6 Å². The molecule has 4 N–H and O–H groups in total. The Kier molecular flexibility index (Phi) is 14.9. The normalized spacial score (nSPS) is 30.5. The van der Waals surface area contributed by atoms with Crippen LogP contribution in [-0.4, -0.2) is 118 Å². The Hall–Kier alpha value is -4.86. The summed E-state index contributed by atoms with van der Waals surface area (Å²) in [7, 11) is 4.33. The smallest absolute Gasteiger partial charge is 0.341 e. The van der Waals surface area contributed by atoms with Gasteiger partial charge in [0.2, 0.25) is 0 Å². The minimum absolute atomic E-state index is 0.0367. The highest BCUT2D eigenvalue weighted by Gasteiger charge is 2.75. The molecule has 11 atom stereocenters. The molecule has 0 radical (unpaired) electrons. The third kappa shape index (κ3) is 9.17. The van der Waals surface area contributed by atoms with E-state index < -0.39 is 113 Å². The number of methoxy groups -OCH3 is 1. The second kappa shape index (κ2) is 19.5. The van der Waals surface area contributed by atoms with Crippen molar-refractivity contribution in [1.82, 2.24) is 5.32 Å². The van der Waals surface area contributed by atoms with Gasteiger partial charge in [0.25, 0.3) is 5.91 Å². The van der Waals surface area contributed by atoms with Crippen molar-refractivity contribution >= 4 is 57.2 Å². The van der Waals surface area contributed by atoms with E-state index in [1.165, 1.54) is 112 Å². The largest absolute Gasteiger partial charge is 0.472 e. The SMILES string of the molecule is CO[C@@H]1C[C@H](O)[C@@]2(C)C(=O)[C@H](OC(=O)CCCSSC)C3=C(C)[C@@H](OC(=O)[C@H](O)[C@@H](NC(=O)c4ccco4)c4ccco4)C[C@@](O)([C@@H](OC(=O)c4ccoc4)[C@@H]2[C@@]1(C)OC(C)=O)C3(C)C. The second-order valence-corrected chi connectivity index (χ2v) is 20.0. The topological polar surface area (TPSA) is 261 Å². The van der Waals surface area contributed by atoms with Gasteiger partial charge in [-0.1, -0.05) is 35.4 Å². The Morgan fingerprint density at radius 3 is 2.31 bits per heavy atom. The zero-order valence-corrected chi connectivity index (χ0v) is 38.9. The van der Waals surface area contributed by atoms with Crippen LogP contribution < -0.4 is 5.32 Å². The van der Waals surface area contributed by atoms with Gasteiger partial charge in [-0.3, -0.25) is 19.2 Å². The molecular weight excluding hydrogens is 891 g/mol. The number of esters is 4. The molecular formula is C45H55NO17S2. The van der Waals surface area contributed by atoms with Gasteiger partial charge in [0.15, 0.2) is 23.8 Å². The third-order valence-corrected chi connectivity index (χ3v) is 15.2. The van der Waals surface area contributed by atoms with Gasteiger partial charge in [0.1, 0.15) is 41.5 Å². The van der Waals surface area contributed by atoms with E-state index >= 15 is 4.79 Å². The first-order valence-corrected chi connectivity index (χ1v) is 23.6. The number of hydrogen-bond acceptors (Lipinski definition) is 19. The van der Waals surface area contributed by atoms with Crippen LogP contribution in [0.2, 0.25) is 0 Å². The summed E-state index contributed by atoms with van der Waals surface area (Å²) < 4.78 is 46.3. The first kappa shape index (κ1) is 49.6. The number of carbonyl (C=O) groups excluding carboxylic acids is 6. The van der Waals surface area contributed by atoms with Crippen LogP contribution in [0.25, 0.3) is 0 Å². The fraction of sp³-hybridized carbons (Fsp3) is 0.556. The molecule has 2 bridgehead atoms. The molecule has 6 rings (SSSR count). The number of carbonyl (C=O) groups is 6. The summed E-state index contributed by atoms with van der Waals surface area (Å²) in [6, 6.07) is 5.48. The predicted molar refractivity (Wildman–Crippen MR) is 231 cm³/mol. The summed E-state index contributed by atoms with van der Waals surface area (Å²) in [6.45, 7) is 8.51. The number of ketones is 1. The van der Waals surface area contributed by atoms with Crippen LogP contribution in [0.15, 0.2) is 79.8 Å². The molecule has 3 aliphatic carbocycles. The minimum Gasteiger partial charge on any atom is -0.472 e. The van der Waals surface area contributed by atoms with Gasteiger partial charge >= 0.3 is 23.9 Å². The van der Waals surface area contributed by atoms with Crippen LogP contribution in [0.3, 0.4) is 0 Å². The predicted octanol–water partition coefficient (Wildman–Crippen LogP) is 4.92. The lowest BCUT2D eigenvalue weighted by Crippen LogP contribution is -2.77. The number of fused-ring (bicyclic) bond motifs is 3. The summed E-state index contributed by atoms with van der Waals surface area (Å²) in [6.07, 6.45) is -4.29. The summed E-state index contributed by atoms with van der Waals surface area (Å²) in [5.41, 5.74) is -8.35. The summed E-state index contributed by atoms with van der Waals surface area (Å²) in [5.74, 6) is -6.98. The summed E-state index contributed by atoms with van der Waals surface area (Å²) in [5, 5.41) is 40.2. The number of furan rings is 3. The number of Topliss-reactive ketones (excluding diaryl/α,β-unsaturated/α-hetero) is 1. The fourth-order valence-electron chi connectivity index (χ4n) is 9.93. The molecule has 3 aromatic rings. The van der Waals surface area contributed by atoms with Gasteiger partial charge < -0.3 is 57.6 Å². The Labute approximate surface area is 382 Å². The molecule has 3 aromatic heterocycles. The van der Waals surface area contributed by atoms with Crippen LogP contribution in [0, 0.1) is 16.7 Å². The molecule has 0 spiro atoms. The van der Waals surface area contributed by atoms with E-state index in [9.17, 15) is 39.3 Å². The lowest BCUT2D eigenvalue weighted by Gasteiger charge is -2.64. The van der Waals surface area contributed by atoms with E-state index in [0.29, 0.717) is 12.2 Å². The molecule has 354 valence electrons. The van der Waals surface area contributed by atoms with E-state index in [0.717, 1.165) is 13.2 Å². The van der Waals surface area contributed by atoms with E-state index in [1.54, 1.807) is 0 Å². The van der Waals surface area contributed by atoms with Gasteiger partial charge in [0, 0.05) is 44.5 Å². The maximum atomic E-state index is 15.8. The Bertz CT molecular complexity index is 2240. The Morgan fingerprint density at radius 1 is 1.00 bits per heavy atom. The number of ether oxygens (including phenoxy) is 5. The van der Waals surface area contributed by atoms with Crippen molar-refractivity contribution in [2.75, 3.05) is 19.1 Å². The highest BCUT2D eigenvalue weighted by molar-refractivity contribution is 8.76. The quantitative estimate of drug-likeness (QED) is 0.0488. The molecule has 2 saturated carbocycles. The molecule has 18 nitrogen and oxygen atoms in total. The number of aliphatic hydroxyl groups excluding tert-OH is 2. The van der Waals surface area contributed by atoms with E-state index in [4.69, 9.17) is 36.9 Å². The number of rotatable bonds is 16. The number of aliphatic hydroxyl groups is 3. The first-order chi connectivity index (χ1) is 30.7. The lowest BCUT2D eigenvalue weighted by molar-refractivity contribution is -0.282. The van der Waals surface area contributed by atoms with Gasteiger partial charge in [-0.25, -0.2) is 9.59 Å². The van der Waals surface area contributed by atoms with Crippen molar-refractivity contribution in [2.45, 2.75) is 121 Å². The standard InChI is InChI=1S/C45H55NO17S2/c1-23-28(60-41(54)34(50)33(26-12-9-16-58-26)46-39(52)27-13-10-17-59-27)21-45(55)38(62-40(53)25-15-18-57-22-25)36-43(5,29(48)20-30(56-7)44(36,6)63-24(2)47)37(51)35(32(23)42(45,3)4)61-31(49)14-11-19-65-64-8/h9-10,12-13,15-18,22,28-30,33-36,38,48,50,55H,11,14,19-21H2,1-8H3,(H,46,52)/t28-,29-,30+,33-,34+,35+,36-,38-,43+,44-,45+/m0/s1. The molecule has 0 aromatic carbocycles. The lowest BCUT2D eigenvalue weighted by atomic mass is 9.45. The molecule has 3 aliphatic rings. The van der Waals surface area contributed by atoms with Gasteiger partial charge in [-0.05, 0) is 74.9 Å². The zero-order valence-electron chi connectivity index (χ0n) is 37.2. The highest BCUT2D eigenvalue weighted by Crippen LogP contribution is 2.63. The van der Waals surface area contributed by atoms with Crippen LogP contribution in [-0.2, 0) is 42.9 Å². The molecule has 0 aliphatic heterocycles.